The number of likely N-dealkylation sites (N-methyl/N-ethyl adjacent to an activating group) is 1. The topological polar surface area (TPSA) is 97.0 Å². The Balaban J connectivity index is 1.18. The minimum atomic E-state index is -0.296. The van der Waals surface area contributed by atoms with Crippen LogP contribution in [0.5, 0.6) is 5.75 Å². The molecule has 36 heavy (non-hydrogen) atoms. The van der Waals surface area contributed by atoms with Crippen molar-refractivity contribution in [3.63, 3.8) is 0 Å². The second kappa shape index (κ2) is 11.2. The molecule has 2 heterocycles. The van der Waals surface area contributed by atoms with Gasteiger partial charge in [0.25, 0.3) is 5.91 Å². The molecule has 0 bridgehead atoms. The van der Waals surface area contributed by atoms with E-state index in [1.165, 1.54) is 32.1 Å². The second-order valence-electron chi connectivity index (χ2n) is 11.0. The van der Waals surface area contributed by atoms with Crippen LogP contribution in [0, 0.1) is 11.8 Å². The summed E-state index contributed by atoms with van der Waals surface area (Å²) in [5, 5.41) is 6.06. The van der Waals surface area contributed by atoms with Gasteiger partial charge in [-0.1, -0.05) is 25.7 Å². The van der Waals surface area contributed by atoms with Crippen molar-refractivity contribution in [3.8, 4) is 5.75 Å². The zero-order valence-electron chi connectivity index (χ0n) is 21.3. The molecule has 0 aromatic heterocycles. The number of carbonyl (C=O) groups is 3. The van der Waals surface area contributed by atoms with Gasteiger partial charge in [-0.05, 0) is 62.6 Å². The van der Waals surface area contributed by atoms with Crippen LogP contribution in [0.2, 0.25) is 0 Å². The lowest BCUT2D eigenvalue weighted by Crippen LogP contribution is -2.54. The normalized spacial score (nSPS) is 27.0. The third kappa shape index (κ3) is 5.69. The highest BCUT2D eigenvalue weighted by atomic mass is 16.5. The summed E-state index contributed by atoms with van der Waals surface area (Å²) in [6, 6.07) is 5.12. The van der Waals surface area contributed by atoms with E-state index < -0.39 is 0 Å². The smallest absolute Gasteiger partial charge is 0.257 e. The Hall–Kier alpha value is -2.61. The Labute approximate surface area is 213 Å². The third-order valence-electron chi connectivity index (χ3n) is 8.48. The minimum Gasteiger partial charge on any atom is -0.490 e. The molecule has 1 aromatic carbocycles. The van der Waals surface area contributed by atoms with Crippen LogP contribution in [0.25, 0.3) is 0 Å². The average Bonchev–Trinajstić information content (AvgIpc) is 2.85. The van der Waals surface area contributed by atoms with Crippen molar-refractivity contribution in [2.75, 3.05) is 25.5 Å². The van der Waals surface area contributed by atoms with E-state index in [9.17, 15) is 14.4 Å². The standard InChI is InChI=1S/C28H39N3O5/c1-31-23-12-11-21(15-26(32)29-16-18-6-3-2-4-7-18)36-25(23)17-35-24-13-10-20(14-22(24)28(31)34)30-27(33)19-8-5-9-19/h10,13-14,18-19,21,23,25H,2-9,11-12,15-17H2,1H3,(H,29,32)(H,30,33)/t21-,23+,25+/m1/s1. The van der Waals surface area contributed by atoms with Crippen LogP contribution < -0.4 is 15.4 Å². The number of anilines is 1. The minimum absolute atomic E-state index is 0.0170. The maximum absolute atomic E-state index is 13.4. The van der Waals surface area contributed by atoms with Crippen LogP contribution in [0.3, 0.4) is 0 Å². The predicted octanol–water partition coefficient (Wildman–Crippen LogP) is 3.89. The van der Waals surface area contributed by atoms with Crippen molar-refractivity contribution in [1.29, 1.82) is 0 Å². The SMILES string of the molecule is CN1C(=O)c2cc(NC(=O)C3CCC3)ccc2OC[C@@H]2O[C@@H](CC(=O)NCC3CCCCC3)CC[C@@H]21. The first-order valence-electron chi connectivity index (χ1n) is 13.7. The van der Waals surface area contributed by atoms with E-state index >= 15 is 0 Å². The summed E-state index contributed by atoms with van der Waals surface area (Å²) in [6.07, 6.45) is 10.5. The lowest BCUT2D eigenvalue weighted by Gasteiger charge is -2.42. The quantitative estimate of drug-likeness (QED) is 0.622. The number of amides is 3. The molecule has 0 radical (unpaired) electrons. The molecule has 1 aromatic rings. The summed E-state index contributed by atoms with van der Waals surface area (Å²) < 4.78 is 12.4. The molecule has 8 nitrogen and oxygen atoms in total. The van der Waals surface area contributed by atoms with Gasteiger partial charge in [0.1, 0.15) is 18.5 Å². The Bertz CT molecular complexity index is 972. The summed E-state index contributed by atoms with van der Waals surface area (Å²) >= 11 is 0. The van der Waals surface area contributed by atoms with Gasteiger partial charge < -0.3 is 25.0 Å². The molecule has 3 fully saturated rings. The van der Waals surface area contributed by atoms with E-state index in [0.29, 0.717) is 35.9 Å². The van der Waals surface area contributed by atoms with Crippen molar-refractivity contribution in [2.24, 2.45) is 11.8 Å². The van der Waals surface area contributed by atoms with E-state index in [1.807, 2.05) is 0 Å². The van der Waals surface area contributed by atoms with E-state index in [4.69, 9.17) is 9.47 Å². The Morgan fingerprint density at radius 2 is 1.83 bits per heavy atom. The first-order valence-corrected chi connectivity index (χ1v) is 13.7. The van der Waals surface area contributed by atoms with Gasteiger partial charge in [-0.2, -0.15) is 0 Å². The van der Waals surface area contributed by atoms with Gasteiger partial charge in [0, 0.05) is 25.2 Å². The molecule has 196 valence electrons. The molecular weight excluding hydrogens is 458 g/mol. The van der Waals surface area contributed by atoms with Gasteiger partial charge in [0.15, 0.2) is 0 Å². The van der Waals surface area contributed by atoms with Crippen molar-refractivity contribution in [3.05, 3.63) is 23.8 Å². The molecule has 3 atom stereocenters. The van der Waals surface area contributed by atoms with E-state index in [2.05, 4.69) is 10.6 Å². The molecule has 8 heteroatoms. The molecule has 4 aliphatic rings. The average molecular weight is 498 g/mol. The summed E-state index contributed by atoms with van der Waals surface area (Å²) in [6.45, 7) is 1.07. The summed E-state index contributed by atoms with van der Waals surface area (Å²) in [7, 11) is 1.80. The van der Waals surface area contributed by atoms with Gasteiger partial charge in [-0.15, -0.1) is 0 Å². The maximum atomic E-state index is 13.4. The van der Waals surface area contributed by atoms with Gasteiger partial charge in [-0.3, -0.25) is 14.4 Å². The fourth-order valence-electron chi connectivity index (χ4n) is 5.95. The number of rotatable bonds is 6. The van der Waals surface area contributed by atoms with Gasteiger partial charge >= 0.3 is 0 Å². The molecule has 2 aliphatic heterocycles. The number of hydrogen-bond acceptors (Lipinski definition) is 5. The second-order valence-corrected chi connectivity index (χ2v) is 11.0. The van der Waals surface area contributed by atoms with E-state index in [1.54, 1.807) is 30.1 Å². The monoisotopic (exact) mass is 497 g/mol. The van der Waals surface area contributed by atoms with Crippen molar-refractivity contribution in [2.45, 2.75) is 88.9 Å². The van der Waals surface area contributed by atoms with Gasteiger partial charge in [-0.25, -0.2) is 0 Å². The molecule has 1 saturated heterocycles. The molecular formula is C28H39N3O5. The number of ether oxygens (including phenoxy) is 2. The molecule has 3 amide bonds. The number of nitrogens with zero attached hydrogens (tertiary/aromatic N) is 1. The van der Waals surface area contributed by atoms with E-state index in [-0.39, 0.29) is 41.9 Å². The molecule has 2 saturated carbocycles. The summed E-state index contributed by atoms with van der Waals surface area (Å²) in [5.74, 6) is 1.08. The zero-order chi connectivity index (χ0) is 25.1. The Morgan fingerprint density at radius 1 is 1.03 bits per heavy atom. The molecule has 0 unspecified atom stereocenters. The van der Waals surface area contributed by atoms with Gasteiger partial charge in [0.05, 0.1) is 24.1 Å². The number of benzene rings is 1. The van der Waals surface area contributed by atoms with Crippen molar-refractivity contribution < 1.29 is 23.9 Å². The van der Waals surface area contributed by atoms with Crippen LogP contribution in [-0.2, 0) is 14.3 Å². The fraction of sp³-hybridized carbons (Fsp3) is 0.679. The lowest BCUT2D eigenvalue weighted by atomic mass is 9.85. The number of fused-ring (bicyclic) bond motifs is 2. The number of nitrogens with one attached hydrogen (secondary N) is 2. The highest BCUT2D eigenvalue weighted by molar-refractivity contribution is 6.00. The first-order chi connectivity index (χ1) is 17.5. The van der Waals surface area contributed by atoms with Crippen molar-refractivity contribution in [1.82, 2.24) is 10.2 Å². The highest BCUT2D eigenvalue weighted by Gasteiger charge is 2.39. The van der Waals surface area contributed by atoms with Crippen LogP contribution >= 0.6 is 0 Å². The first kappa shape index (κ1) is 25.1. The van der Waals surface area contributed by atoms with Crippen LogP contribution in [0.15, 0.2) is 18.2 Å². The largest absolute Gasteiger partial charge is 0.490 e. The summed E-state index contributed by atoms with van der Waals surface area (Å²) in [5.41, 5.74) is 1.07. The number of hydrogen-bond donors (Lipinski definition) is 2. The van der Waals surface area contributed by atoms with Crippen LogP contribution in [0.1, 0.15) is 81.0 Å². The molecule has 5 rings (SSSR count). The highest BCUT2D eigenvalue weighted by Crippen LogP contribution is 2.33. The molecule has 0 spiro atoms. The lowest BCUT2D eigenvalue weighted by molar-refractivity contribution is -0.134. The van der Waals surface area contributed by atoms with Crippen LogP contribution in [0.4, 0.5) is 5.69 Å². The molecule has 2 aliphatic carbocycles. The molecule has 2 N–H and O–H groups in total. The number of carbonyl (C=O) groups excluding carboxylic acids is 3. The predicted molar refractivity (Wildman–Crippen MR) is 136 cm³/mol. The maximum Gasteiger partial charge on any atom is 0.257 e. The van der Waals surface area contributed by atoms with Crippen molar-refractivity contribution >= 4 is 23.4 Å². The fourth-order valence-corrected chi connectivity index (χ4v) is 5.95. The third-order valence-corrected chi connectivity index (χ3v) is 8.48. The zero-order valence-corrected chi connectivity index (χ0v) is 21.3. The Kier molecular flexibility index (Phi) is 7.79. The van der Waals surface area contributed by atoms with Gasteiger partial charge in [0.2, 0.25) is 11.8 Å². The summed E-state index contributed by atoms with van der Waals surface area (Å²) in [4.78, 5) is 40.1. The van der Waals surface area contributed by atoms with Crippen LogP contribution in [-0.4, -0.2) is 61.1 Å². The van der Waals surface area contributed by atoms with E-state index in [0.717, 1.165) is 38.6 Å². The Morgan fingerprint density at radius 3 is 2.58 bits per heavy atom.